The van der Waals surface area contributed by atoms with Gasteiger partial charge in [0.2, 0.25) is 0 Å². The van der Waals surface area contributed by atoms with E-state index in [-0.39, 0.29) is 0 Å². The van der Waals surface area contributed by atoms with Crippen LogP contribution in [0.15, 0.2) is 30.5 Å². The van der Waals surface area contributed by atoms with Gasteiger partial charge in [-0.1, -0.05) is 18.2 Å². The van der Waals surface area contributed by atoms with Crippen LogP contribution >= 0.6 is 0 Å². The van der Waals surface area contributed by atoms with Crippen LogP contribution in [0.5, 0.6) is 0 Å². The van der Waals surface area contributed by atoms with E-state index in [4.69, 9.17) is 4.74 Å². The number of hydrogen-bond donors (Lipinski definition) is 2. The summed E-state index contributed by atoms with van der Waals surface area (Å²) < 4.78 is 5.28. The van der Waals surface area contributed by atoms with E-state index in [2.05, 4.69) is 15.5 Å². The van der Waals surface area contributed by atoms with Gasteiger partial charge in [-0.25, -0.2) is 0 Å². The second kappa shape index (κ2) is 5.11. The van der Waals surface area contributed by atoms with E-state index < -0.39 is 5.60 Å². The molecule has 0 radical (unpaired) electrons. The lowest BCUT2D eigenvalue weighted by Gasteiger charge is -2.32. The number of rotatable bonds is 3. The first-order chi connectivity index (χ1) is 9.27. The van der Waals surface area contributed by atoms with Gasteiger partial charge in [0.05, 0.1) is 23.0 Å². The molecule has 19 heavy (non-hydrogen) atoms. The molecular weight excluding hydrogens is 242 g/mol. The summed E-state index contributed by atoms with van der Waals surface area (Å²) in [6.07, 6.45) is 3.03. The molecule has 1 aromatic carbocycles. The normalized spacial score (nSPS) is 18.4. The first-order valence-electron chi connectivity index (χ1n) is 6.51. The Labute approximate surface area is 111 Å². The molecule has 1 aromatic heterocycles. The molecule has 5 heteroatoms. The molecule has 0 unspecified atom stereocenters. The largest absolute Gasteiger partial charge is 0.388 e. The maximum Gasteiger partial charge on any atom is 0.0950 e. The number of hydrogen-bond acceptors (Lipinski definition) is 5. The molecule has 100 valence electrons. The lowest BCUT2D eigenvalue weighted by atomic mass is 9.94. The fourth-order valence-corrected chi connectivity index (χ4v) is 2.34. The van der Waals surface area contributed by atoms with Gasteiger partial charge in [0, 0.05) is 38.0 Å². The summed E-state index contributed by atoms with van der Waals surface area (Å²) in [4.78, 5) is 0. The highest BCUT2D eigenvalue weighted by atomic mass is 16.5. The lowest BCUT2D eigenvalue weighted by molar-refractivity contribution is -0.0543. The first kappa shape index (κ1) is 12.3. The Morgan fingerprint density at radius 1 is 1.26 bits per heavy atom. The molecule has 0 atom stereocenters. The first-order valence-corrected chi connectivity index (χ1v) is 6.51. The Balaban J connectivity index is 1.78. The minimum absolute atomic E-state index is 0.506. The molecule has 3 rings (SSSR count). The van der Waals surface area contributed by atoms with Gasteiger partial charge in [-0.05, 0) is 6.07 Å². The Bertz CT molecular complexity index is 562. The van der Waals surface area contributed by atoms with Crippen LogP contribution in [0.2, 0.25) is 0 Å². The molecule has 1 aliphatic rings. The van der Waals surface area contributed by atoms with E-state index >= 15 is 0 Å². The zero-order valence-corrected chi connectivity index (χ0v) is 10.7. The topological polar surface area (TPSA) is 67.3 Å². The number of nitrogens with zero attached hydrogens (tertiary/aromatic N) is 2. The zero-order valence-electron chi connectivity index (χ0n) is 10.7. The van der Waals surface area contributed by atoms with E-state index in [0.29, 0.717) is 32.6 Å². The van der Waals surface area contributed by atoms with Gasteiger partial charge in [0.25, 0.3) is 0 Å². The molecule has 0 spiro atoms. The highest BCUT2D eigenvalue weighted by molar-refractivity contribution is 5.90. The maximum atomic E-state index is 10.4. The molecule has 0 bridgehead atoms. The molecule has 5 nitrogen and oxygen atoms in total. The molecule has 1 saturated heterocycles. The SMILES string of the molecule is OC1(CNc2cnnc3ccccc23)CCOCC1. The Morgan fingerprint density at radius 2 is 2.05 bits per heavy atom. The number of nitrogens with one attached hydrogen (secondary N) is 1. The van der Waals surface area contributed by atoms with E-state index in [0.717, 1.165) is 16.6 Å². The van der Waals surface area contributed by atoms with Crippen molar-refractivity contribution in [2.45, 2.75) is 18.4 Å². The van der Waals surface area contributed by atoms with Crippen LogP contribution in [0.4, 0.5) is 5.69 Å². The van der Waals surface area contributed by atoms with Crippen LogP contribution in [0.1, 0.15) is 12.8 Å². The number of aliphatic hydroxyl groups is 1. The summed E-state index contributed by atoms with van der Waals surface area (Å²) in [5.41, 5.74) is 1.07. The van der Waals surface area contributed by atoms with Gasteiger partial charge >= 0.3 is 0 Å². The third-order valence-corrected chi connectivity index (χ3v) is 3.58. The number of aromatic nitrogens is 2. The van der Waals surface area contributed by atoms with Crippen molar-refractivity contribution in [1.82, 2.24) is 10.2 Å². The molecule has 2 N–H and O–H groups in total. The van der Waals surface area contributed by atoms with E-state index in [1.54, 1.807) is 6.20 Å². The summed E-state index contributed by atoms with van der Waals surface area (Å²) in [5, 5.41) is 22.8. The summed E-state index contributed by atoms with van der Waals surface area (Å²) in [6, 6.07) is 7.84. The second-order valence-electron chi connectivity index (χ2n) is 4.97. The molecule has 2 heterocycles. The van der Waals surface area contributed by atoms with Crippen molar-refractivity contribution in [2.24, 2.45) is 0 Å². The van der Waals surface area contributed by atoms with Gasteiger partial charge in [0.1, 0.15) is 0 Å². The number of benzene rings is 1. The predicted octanol–water partition coefficient (Wildman–Crippen LogP) is 1.58. The maximum absolute atomic E-state index is 10.4. The van der Waals surface area contributed by atoms with E-state index in [1.807, 2.05) is 24.3 Å². The third-order valence-electron chi connectivity index (χ3n) is 3.58. The molecule has 2 aromatic rings. The van der Waals surface area contributed by atoms with Crippen LogP contribution in [0.3, 0.4) is 0 Å². The minimum Gasteiger partial charge on any atom is -0.388 e. The number of ether oxygens (including phenoxy) is 1. The summed E-state index contributed by atoms with van der Waals surface area (Å²) in [7, 11) is 0. The quantitative estimate of drug-likeness (QED) is 0.876. The average Bonchev–Trinajstić information content (AvgIpc) is 2.46. The fourth-order valence-electron chi connectivity index (χ4n) is 2.34. The molecular formula is C14H17N3O2. The Morgan fingerprint density at radius 3 is 2.89 bits per heavy atom. The lowest BCUT2D eigenvalue weighted by Crippen LogP contribution is -2.42. The van der Waals surface area contributed by atoms with Crippen LogP contribution in [-0.2, 0) is 4.74 Å². The second-order valence-corrected chi connectivity index (χ2v) is 4.97. The van der Waals surface area contributed by atoms with Gasteiger partial charge in [-0.2, -0.15) is 10.2 Å². The monoisotopic (exact) mass is 259 g/mol. The van der Waals surface area contributed by atoms with Crippen molar-refractivity contribution in [3.05, 3.63) is 30.5 Å². The van der Waals surface area contributed by atoms with Gasteiger partial charge in [0.15, 0.2) is 0 Å². The molecule has 1 aliphatic heterocycles. The number of fused-ring (bicyclic) bond motifs is 1. The van der Waals surface area contributed by atoms with Crippen molar-refractivity contribution in [1.29, 1.82) is 0 Å². The van der Waals surface area contributed by atoms with Crippen LogP contribution in [0, 0.1) is 0 Å². The van der Waals surface area contributed by atoms with Crippen LogP contribution in [-0.4, -0.2) is 40.7 Å². The smallest absolute Gasteiger partial charge is 0.0950 e. The molecule has 1 fully saturated rings. The van der Waals surface area contributed by atoms with Gasteiger partial charge in [-0.3, -0.25) is 0 Å². The van der Waals surface area contributed by atoms with Gasteiger partial charge < -0.3 is 15.2 Å². The van der Waals surface area contributed by atoms with Crippen molar-refractivity contribution >= 4 is 16.6 Å². The summed E-state index contributed by atoms with van der Waals surface area (Å²) in [6.45, 7) is 1.74. The van der Waals surface area contributed by atoms with E-state index in [1.165, 1.54) is 0 Å². The van der Waals surface area contributed by atoms with Crippen molar-refractivity contribution in [3.8, 4) is 0 Å². The molecule has 0 aliphatic carbocycles. The zero-order chi connectivity index (χ0) is 13.1. The van der Waals surface area contributed by atoms with Gasteiger partial charge in [-0.15, -0.1) is 0 Å². The third kappa shape index (κ3) is 2.67. The van der Waals surface area contributed by atoms with E-state index in [9.17, 15) is 5.11 Å². The van der Waals surface area contributed by atoms with Crippen molar-refractivity contribution < 1.29 is 9.84 Å². The molecule has 0 saturated carbocycles. The standard InChI is InChI=1S/C14H17N3O2/c18-14(5-7-19-8-6-14)10-15-13-9-16-17-12-4-2-1-3-11(12)13/h1-4,9,18H,5-8,10H2,(H,15,17). The Hall–Kier alpha value is -1.72. The average molecular weight is 259 g/mol. The molecule has 0 amide bonds. The van der Waals surface area contributed by atoms with Crippen molar-refractivity contribution in [2.75, 3.05) is 25.1 Å². The highest BCUT2D eigenvalue weighted by Crippen LogP contribution is 2.24. The van der Waals surface area contributed by atoms with Crippen molar-refractivity contribution in [3.63, 3.8) is 0 Å². The summed E-state index contributed by atoms with van der Waals surface area (Å²) >= 11 is 0. The Kier molecular flexibility index (Phi) is 3.31. The predicted molar refractivity (Wildman–Crippen MR) is 73.0 cm³/mol. The van der Waals surface area contributed by atoms with Crippen LogP contribution < -0.4 is 5.32 Å². The highest BCUT2D eigenvalue weighted by Gasteiger charge is 2.29. The summed E-state index contributed by atoms with van der Waals surface area (Å²) in [5.74, 6) is 0. The fraction of sp³-hybridized carbons (Fsp3) is 0.429. The minimum atomic E-state index is -0.692. The van der Waals surface area contributed by atoms with Crippen LogP contribution in [0.25, 0.3) is 10.9 Å². The number of anilines is 1.